The van der Waals surface area contributed by atoms with Crippen LogP contribution in [-0.2, 0) is 35.1 Å². The lowest BCUT2D eigenvalue weighted by Gasteiger charge is -2.38. The van der Waals surface area contributed by atoms with Gasteiger partial charge >= 0.3 is 5.97 Å². The molecule has 2 saturated heterocycles. The zero-order valence-corrected chi connectivity index (χ0v) is 37.6. The number of carbonyl (C=O) groups excluding carboxylic acids is 6. The summed E-state index contributed by atoms with van der Waals surface area (Å²) in [6.07, 6.45) is 0.731. The van der Waals surface area contributed by atoms with Gasteiger partial charge in [-0.3, -0.25) is 28.9 Å². The minimum Gasteiger partial charge on any atom is -0.495 e. The minimum absolute atomic E-state index is 0.00583. The van der Waals surface area contributed by atoms with Crippen molar-refractivity contribution in [3.8, 4) is 11.6 Å². The summed E-state index contributed by atoms with van der Waals surface area (Å²) in [5.41, 5.74) is 1.28. The Morgan fingerprint density at radius 2 is 1.37 bits per heavy atom. The topological polar surface area (TPSA) is 171 Å². The monoisotopic (exact) mass is 837 g/mol. The van der Waals surface area contributed by atoms with Crippen LogP contribution in [-0.4, -0.2) is 142 Å². The number of hydrogen-bond donors (Lipinski definition) is 2. The number of nitrogens with one attached hydrogen (secondary N) is 1. The molecule has 2 fully saturated rings. The van der Waals surface area contributed by atoms with Gasteiger partial charge in [-0.15, -0.1) is 0 Å². The van der Waals surface area contributed by atoms with Gasteiger partial charge in [0.2, 0.25) is 29.5 Å². The average molecular weight is 837 g/mol. The van der Waals surface area contributed by atoms with Crippen molar-refractivity contribution in [2.45, 2.75) is 124 Å². The second-order valence-electron chi connectivity index (χ2n) is 17.9. The Hall–Kier alpha value is -4.92. The number of carbonyl (C=O) groups is 6. The van der Waals surface area contributed by atoms with Gasteiger partial charge in [-0.2, -0.15) is 0 Å². The Kier molecular flexibility index (Phi) is 16.4. The summed E-state index contributed by atoms with van der Waals surface area (Å²) >= 11 is 0. The number of likely N-dealkylation sites (N-methyl/N-ethyl adjacent to an activating group) is 2. The highest BCUT2D eigenvalue weighted by atomic mass is 16.6. The molecule has 0 radical (unpaired) electrons. The van der Waals surface area contributed by atoms with Crippen LogP contribution in [0.25, 0.3) is 0 Å². The van der Waals surface area contributed by atoms with E-state index in [1.54, 1.807) is 20.9 Å². The van der Waals surface area contributed by atoms with Gasteiger partial charge < -0.3 is 34.6 Å². The molecule has 0 aliphatic carbocycles. The molecule has 2 N–H and O–H groups in total. The van der Waals surface area contributed by atoms with Gasteiger partial charge in [-0.05, 0) is 69.0 Å². The molecule has 2 aromatic rings. The van der Waals surface area contributed by atoms with E-state index in [9.17, 15) is 33.9 Å². The quantitative estimate of drug-likeness (QED) is 0.220. The summed E-state index contributed by atoms with van der Waals surface area (Å²) in [6, 6.07) is 6.63. The van der Waals surface area contributed by atoms with Gasteiger partial charge in [0.25, 0.3) is 5.91 Å². The molecule has 332 valence electrons. The number of nitrogens with zero attached hydrogens (tertiary/aromatic N) is 5. The molecule has 3 unspecified atom stereocenters. The molecule has 2 aliphatic heterocycles. The summed E-state index contributed by atoms with van der Waals surface area (Å²) in [7, 11) is 6.65. The fourth-order valence-electron chi connectivity index (χ4n) is 8.76. The predicted molar refractivity (Wildman–Crippen MR) is 227 cm³/mol. The van der Waals surface area contributed by atoms with E-state index >= 15 is 0 Å². The molecule has 15 nitrogen and oxygen atoms in total. The van der Waals surface area contributed by atoms with E-state index in [4.69, 9.17) is 9.47 Å². The molecule has 0 spiro atoms. The number of aromatic hydroxyl groups is 1. The minimum atomic E-state index is -1.30. The molecule has 1 aromatic carbocycles. The molecular formula is C45H68N6O9. The Bertz CT molecular complexity index is 1830. The van der Waals surface area contributed by atoms with E-state index in [-0.39, 0.29) is 48.4 Å². The van der Waals surface area contributed by atoms with E-state index in [0.29, 0.717) is 43.7 Å². The molecule has 4 amide bonds. The standard InChI is InChI=1S/C45H68N6O9/c1-26(2)36(46-40(53)37(27(3)4)47(9)10)42(55)48(11)38(28(5)6)43(56)49-22-16-20-31(49)41(54)50-23-17-21-32(50)45(58)60-39(29(7)8)44(57)51-33(34(59-12)25-35(51)52)24-30-18-14-13-15-19-30/h13-15,18-19,25-29,31-32,36-39,52H,16-17,20-24H2,1-12H3,(H,46,53)/t31?,32?,36-,37-,38-,39?/m0/s1. The number of methoxy groups -OCH3 is 1. The SMILES string of the molecule is COc1cc(O)n(C(=O)C(OC(=O)C2CCCN2C(=O)C2CCCN2C(=O)[C@H](C(C)C)N(C)C(=O)[C@@H](NC(=O)[C@H](C(C)C)N(C)C)C(C)C)C(C)C)c1Cc1ccccc1. The fraction of sp³-hybridized carbons (Fsp3) is 0.644. The molecule has 0 saturated carbocycles. The lowest BCUT2D eigenvalue weighted by atomic mass is 9.96. The van der Waals surface area contributed by atoms with Gasteiger partial charge in [0.05, 0.1) is 18.8 Å². The molecule has 3 heterocycles. The number of rotatable bonds is 17. The number of aromatic nitrogens is 1. The molecule has 4 rings (SSSR count). The van der Waals surface area contributed by atoms with Crippen LogP contribution in [0, 0.1) is 23.7 Å². The third kappa shape index (κ3) is 10.5. The maximum atomic E-state index is 14.5. The van der Waals surface area contributed by atoms with Crippen molar-refractivity contribution < 1.29 is 43.3 Å². The van der Waals surface area contributed by atoms with E-state index in [2.05, 4.69) is 5.32 Å². The summed E-state index contributed by atoms with van der Waals surface area (Å²) < 4.78 is 12.6. The van der Waals surface area contributed by atoms with Crippen LogP contribution in [0.2, 0.25) is 0 Å². The van der Waals surface area contributed by atoms with Crippen molar-refractivity contribution in [1.82, 2.24) is 29.5 Å². The van der Waals surface area contributed by atoms with Crippen molar-refractivity contribution in [2.75, 3.05) is 41.3 Å². The van der Waals surface area contributed by atoms with Gasteiger partial charge in [0.15, 0.2) is 6.10 Å². The molecule has 1 aromatic heterocycles. The van der Waals surface area contributed by atoms with Crippen LogP contribution < -0.4 is 10.1 Å². The fourth-order valence-corrected chi connectivity index (χ4v) is 8.76. The number of benzene rings is 1. The highest BCUT2D eigenvalue weighted by Crippen LogP contribution is 2.33. The number of likely N-dealkylation sites (tertiary alicyclic amines) is 2. The number of hydrogen-bond acceptors (Lipinski definition) is 10. The zero-order valence-electron chi connectivity index (χ0n) is 37.6. The molecule has 2 aliphatic rings. The predicted octanol–water partition coefficient (Wildman–Crippen LogP) is 4.19. The van der Waals surface area contributed by atoms with Crippen molar-refractivity contribution in [3.05, 3.63) is 47.7 Å². The van der Waals surface area contributed by atoms with E-state index in [1.165, 1.54) is 27.9 Å². The van der Waals surface area contributed by atoms with Crippen LogP contribution in [0.1, 0.15) is 97.1 Å². The zero-order chi connectivity index (χ0) is 44.7. The number of ether oxygens (including phenoxy) is 2. The average Bonchev–Trinajstić information content (AvgIpc) is 3.94. The van der Waals surface area contributed by atoms with E-state index < -0.39 is 65.9 Å². The first kappa shape index (κ1) is 47.8. The first-order valence-corrected chi connectivity index (χ1v) is 21.3. The van der Waals surface area contributed by atoms with Gasteiger partial charge in [0, 0.05) is 32.6 Å². The Morgan fingerprint density at radius 1 is 0.783 bits per heavy atom. The van der Waals surface area contributed by atoms with Crippen LogP contribution in [0.4, 0.5) is 0 Å². The number of esters is 1. The highest BCUT2D eigenvalue weighted by molar-refractivity contribution is 5.96. The Labute approximate surface area is 355 Å². The smallest absolute Gasteiger partial charge is 0.329 e. The Balaban J connectivity index is 1.53. The second-order valence-corrected chi connectivity index (χ2v) is 17.9. The molecular weight excluding hydrogens is 769 g/mol. The lowest BCUT2D eigenvalue weighted by Crippen LogP contribution is -2.61. The summed E-state index contributed by atoms with van der Waals surface area (Å²) in [5.74, 6) is -3.97. The summed E-state index contributed by atoms with van der Waals surface area (Å²) in [6.45, 7) is 15.3. The van der Waals surface area contributed by atoms with Crippen LogP contribution >= 0.6 is 0 Å². The van der Waals surface area contributed by atoms with Crippen molar-refractivity contribution in [1.29, 1.82) is 0 Å². The lowest BCUT2D eigenvalue weighted by molar-refractivity contribution is -0.160. The molecule has 15 heteroatoms. The van der Waals surface area contributed by atoms with Crippen LogP contribution in [0.5, 0.6) is 11.6 Å². The summed E-state index contributed by atoms with van der Waals surface area (Å²) in [4.78, 5) is 90.9. The summed E-state index contributed by atoms with van der Waals surface area (Å²) in [5, 5.41) is 13.9. The Morgan fingerprint density at radius 3 is 1.90 bits per heavy atom. The van der Waals surface area contributed by atoms with Crippen LogP contribution in [0.15, 0.2) is 36.4 Å². The third-order valence-electron chi connectivity index (χ3n) is 11.8. The van der Waals surface area contributed by atoms with Crippen molar-refractivity contribution >= 4 is 35.5 Å². The molecule has 60 heavy (non-hydrogen) atoms. The van der Waals surface area contributed by atoms with Gasteiger partial charge in [-0.25, -0.2) is 9.36 Å². The first-order chi connectivity index (χ1) is 28.2. The first-order valence-electron chi connectivity index (χ1n) is 21.3. The number of amides is 4. The highest BCUT2D eigenvalue weighted by Gasteiger charge is 2.47. The van der Waals surface area contributed by atoms with E-state index in [1.807, 2.05) is 90.9 Å². The second kappa shape index (κ2) is 20.6. The van der Waals surface area contributed by atoms with Crippen molar-refractivity contribution in [2.24, 2.45) is 23.7 Å². The normalized spacial score (nSPS) is 18.9. The maximum absolute atomic E-state index is 14.5. The largest absolute Gasteiger partial charge is 0.495 e. The third-order valence-corrected chi connectivity index (χ3v) is 11.8. The molecule has 0 bridgehead atoms. The molecule has 6 atom stereocenters. The van der Waals surface area contributed by atoms with Crippen molar-refractivity contribution in [3.63, 3.8) is 0 Å². The van der Waals surface area contributed by atoms with Crippen LogP contribution in [0.3, 0.4) is 0 Å². The van der Waals surface area contributed by atoms with E-state index in [0.717, 1.165) is 10.1 Å². The van der Waals surface area contributed by atoms with Gasteiger partial charge in [0.1, 0.15) is 29.9 Å². The van der Waals surface area contributed by atoms with Gasteiger partial charge in [-0.1, -0.05) is 85.7 Å². The maximum Gasteiger partial charge on any atom is 0.329 e.